The first kappa shape index (κ1) is 18.8. The average molecular weight is 457 g/mol. The van der Waals surface area contributed by atoms with Gasteiger partial charge in [-0.15, -0.1) is 15.3 Å². The number of hydrogen-bond acceptors (Lipinski definition) is 7. The quantitative estimate of drug-likeness (QED) is 0.366. The fourth-order valence-electron chi connectivity index (χ4n) is 2.72. The van der Waals surface area contributed by atoms with Crippen LogP contribution in [-0.2, 0) is 18.6 Å². The van der Waals surface area contributed by atoms with E-state index in [9.17, 15) is 0 Å². The number of halogens is 1. The second-order valence-electron chi connectivity index (χ2n) is 6.05. The summed E-state index contributed by atoms with van der Waals surface area (Å²) in [7, 11) is 0. The predicted octanol–water partition coefficient (Wildman–Crippen LogP) is 4.28. The van der Waals surface area contributed by atoms with Gasteiger partial charge in [0.1, 0.15) is 0 Å². The summed E-state index contributed by atoms with van der Waals surface area (Å²) in [4.78, 5) is 0. The Kier molecular flexibility index (Phi) is 6.13. The van der Waals surface area contributed by atoms with Crippen LogP contribution in [0.4, 0.5) is 0 Å². The molecule has 4 aromatic rings. The molecule has 4 rings (SSSR count). The van der Waals surface area contributed by atoms with Crippen molar-refractivity contribution < 1.29 is 4.42 Å². The van der Waals surface area contributed by atoms with Gasteiger partial charge in [-0.05, 0) is 56.9 Å². The first-order valence-electron chi connectivity index (χ1n) is 8.81. The molecule has 0 aliphatic rings. The van der Waals surface area contributed by atoms with Crippen molar-refractivity contribution in [1.82, 2.24) is 30.4 Å². The van der Waals surface area contributed by atoms with Crippen molar-refractivity contribution in [1.29, 1.82) is 0 Å². The van der Waals surface area contributed by atoms with E-state index >= 15 is 0 Å². The molecule has 2 aromatic carbocycles. The van der Waals surface area contributed by atoms with Crippen LogP contribution in [0.15, 0.2) is 68.7 Å². The Hall–Kier alpha value is -2.52. The number of tetrazole rings is 1. The summed E-state index contributed by atoms with van der Waals surface area (Å²) in [5.74, 6) is 1.89. The van der Waals surface area contributed by atoms with Crippen LogP contribution in [0.2, 0.25) is 0 Å². The zero-order valence-electron chi connectivity index (χ0n) is 14.9. The first-order chi connectivity index (χ1) is 13.8. The fraction of sp³-hybridized carbons (Fsp3) is 0.211. The van der Waals surface area contributed by atoms with Crippen LogP contribution in [0.25, 0.3) is 5.69 Å². The van der Waals surface area contributed by atoms with Crippen LogP contribution in [-0.4, -0.2) is 30.4 Å². The molecule has 0 spiro atoms. The average Bonchev–Trinajstić information content (AvgIpc) is 3.37. The number of aryl methyl sites for hydroxylation is 2. The molecule has 0 aliphatic heterocycles. The number of para-hydroxylation sites is 1. The Morgan fingerprint density at radius 2 is 1.75 bits per heavy atom. The maximum Gasteiger partial charge on any atom is 0.277 e. The fourth-order valence-corrected chi connectivity index (χ4v) is 3.86. The van der Waals surface area contributed by atoms with E-state index in [-0.39, 0.29) is 0 Å². The summed E-state index contributed by atoms with van der Waals surface area (Å²) in [6, 6.07) is 18.2. The van der Waals surface area contributed by atoms with E-state index < -0.39 is 0 Å². The van der Waals surface area contributed by atoms with E-state index in [2.05, 4.69) is 65.9 Å². The molecular weight excluding hydrogens is 440 g/mol. The highest BCUT2D eigenvalue weighted by molar-refractivity contribution is 9.10. The Morgan fingerprint density at radius 3 is 2.61 bits per heavy atom. The molecule has 2 aromatic heterocycles. The molecule has 9 heteroatoms. The third-order valence-electron chi connectivity index (χ3n) is 4.09. The maximum atomic E-state index is 5.74. The van der Waals surface area contributed by atoms with E-state index in [1.165, 1.54) is 17.3 Å². The lowest BCUT2D eigenvalue weighted by Gasteiger charge is -2.05. The van der Waals surface area contributed by atoms with Gasteiger partial charge in [0.25, 0.3) is 5.22 Å². The zero-order valence-corrected chi connectivity index (χ0v) is 17.3. The Balaban J connectivity index is 1.33. The van der Waals surface area contributed by atoms with Gasteiger partial charge in [0.2, 0.25) is 5.89 Å². The molecule has 0 saturated heterocycles. The largest absolute Gasteiger partial charge is 0.416 e. The van der Waals surface area contributed by atoms with Crippen molar-refractivity contribution in [3.05, 3.63) is 76.3 Å². The second kappa shape index (κ2) is 9.11. The molecule has 2 heterocycles. The predicted molar refractivity (Wildman–Crippen MR) is 109 cm³/mol. The van der Waals surface area contributed by atoms with Crippen molar-refractivity contribution in [2.24, 2.45) is 0 Å². The lowest BCUT2D eigenvalue weighted by molar-refractivity contribution is 0.409. The molecule has 0 aliphatic carbocycles. The van der Waals surface area contributed by atoms with Crippen molar-refractivity contribution in [2.45, 2.75) is 30.2 Å². The molecule has 0 unspecified atom stereocenters. The number of rotatable bonds is 8. The monoisotopic (exact) mass is 456 g/mol. The number of thioether (sulfide) groups is 1. The minimum Gasteiger partial charge on any atom is -0.416 e. The van der Waals surface area contributed by atoms with Crippen LogP contribution < -0.4 is 0 Å². The molecule has 0 atom stereocenters. The van der Waals surface area contributed by atoms with E-state index in [1.807, 2.05) is 30.3 Å². The summed E-state index contributed by atoms with van der Waals surface area (Å²) >= 11 is 4.95. The lowest BCUT2D eigenvalue weighted by Crippen LogP contribution is -2.02. The zero-order chi connectivity index (χ0) is 19.2. The highest BCUT2D eigenvalue weighted by atomic mass is 79.9. The molecule has 142 valence electrons. The summed E-state index contributed by atoms with van der Waals surface area (Å²) in [6.07, 6.45) is 2.72. The van der Waals surface area contributed by atoms with Crippen molar-refractivity contribution in [3.8, 4) is 5.69 Å². The van der Waals surface area contributed by atoms with Crippen LogP contribution in [0.1, 0.15) is 23.7 Å². The number of aromatic nitrogens is 6. The third-order valence-corrected chi connectivity index (χ3v) is 5.57. The van der Waals surface area contributed by atoms with Crippen LogP contribution in [0.3, 0.4) is 0 Å². The van der Waals surface area contributed by atoms with Crippen molar-refractivity contribution in [2.75, 3.05) is 0 Å². The number of benzene rings is 2. The normalized spacial score (nSPS) is 11.0. The number of hydrogen-bond donors (Lipinski definition) is 0. The van der Waals surface area contributed by atoms with Crippen molar-refractivity contribution >= 4 is 27.7 Å². The van der Waals surface area contributed by atoms with E-state index in [0.717, 1.165) is 29.4 Å². The summed E-state index contributed by atoms with van der Waals surface area (Å²) in [5.41, 5.74) is 2.20. The van der Waals surface area contributed by atoms with Gasteiger partial charge in [0, 0.05) is 10.9 Å². The molecule has 0 amide bonds. The highest BCUT2D eigenvalue weighted by Crippen LogP contribution is 2.24. The molecule has 0 N–H and O–H groups in total. The summed E-state index contributed by atoms with van der Waals surface area (Å²) in [6.45, 7) is 0. The Morgan fingerprint density at radius 1 is 0.929 bits per heavy atom. The lowest BCUT2D eigenvalue weighted by atomic mass is 10.1. The molecule has 28 heavy (non-hydrogen) atoms. The molecule has 0 saturated carbocycles. The minimum absolute atomic E-state index is 0.524. The first-order valence-corrected chi connectivity index (χ1v) is 10.6. The Labute approximate surface area is 174 Å². The SMILES string of the molecule is Brc1ccccc1-n1nnnc1CSc1nnc(CCCc2ccccc2)o1. The van der Waals surface area contributed by atoms with Crippen molar-refractivity contribution in [3.63, 3.8) is 0 Å². The summed E-state index contributed by atoms with van der Waals surface area (Å²) < 4.78 is 8.37. The molecular formula is C19H17BrN6OS. The van der Waals surface area contributed by atoms with Gasteiger partial charge in [-0.1, -0.05) is 54.2 Å². The van der Waals surface area contributed by atoms with Gasteiger partial charge in [0.15, 0.2) is 5.82 Å². The van der Waals surface area contributed by atoms with Crippen LogP contribution >= 0.6 is 27.7 Å². The second-order valence-corrected chi connectivity index (χ2v) is 7.83. The highest BCUT2D eigenvalue weighted by Gasteiger charge is 2.13. The third kappa shape index (κ3) is 4.66. The minimum atomic E-state index is 0.524. The van der Waals surface area contributed by atoms with Crippen LogP contribution in [0.5, 0.6) is 0 Å². The maximum absolute atomic E-state index is 5.74. The summed E-state index contributed by atoms with van der Waals surface area (Å²) in [5, 5.41) is 20.8. The van der Waals surface area contributed by atoms with Gasteiger partial charge < -0.3 is 4.42 Å². The van der Waals surface area contributed by atoms with Gasteiger partial charge in [-0.3, -0.25) is 0 Å². The molecule has 0 fully saturated rings. The number of nitrogens with zero attached hydrogens (tertiary/aromatic N) is 6. The topological polar surface area (TPSA) is 82.5 Å². The smallest absolute Gasteiger partial charge is 0.277 e. The standard InChI is InChI=1S/C19H17BrN6OS/c20-15-10-4-5-11-16(15)26-17(21-24-25-26)13-28-19-23-22-18(27-19)12-6-9-14-7-2-1-3-8-14/h1-5,7-8,10-11H,6,9,12-13H2. The Bertz CT molecular complexity index is 1040. The van der Waals surface area contributed by atoms with E-state index in [4.69, 9.17) is 4.42 Å². The van der Waals surface area contributed by atoms with E-state index in [1.54, 1.807) is 4.68 Å². The molecule has 0 bridgehead atoms. The van der Waals surface area contributed by atoms with Gasteiger partial charge in [-0.25, -0.2) is 0 Å². The molecule has 7 nitrogen and oxygen atoms in total. The van der Waals surface area contributed by atoms with Gasteiger partial charge in [-0.2, -0.15) is 4.68 Å². The molecule has 0 radical (unpaired) electrons. The van der Waals surface area contributed by atoms with E-state index in [0.29, 0.717) is 22.7 Å². The van der Waals surface area contributed by atoms with Crippen LogP contribution in [0, 0.1) is 0 Å². The van der Waals surface area contributed by atoms with Gasteiger partial charge in [0.05, 0.1) is 11.4 Å². The van der Waals surface area contributed by atoms with Gasteiger partial charge >= 0.3 is 0 Å².